The van der Waals surface area contributed by atoms with Crippen LogP contribution in [0.25, 0.3) is 0 Å². The molecule has 1 aliphatic rings. The molecule has 0 spiro atoms. The average molecular weight is 192 g/mol. The molecular formula is C12H16O2. The third kappa shape index (κ3) is 1.62. The lowest BCUT2D eigenvalue weighted by atomic mass is 10.1. The van der Waals surface area contributed by atoms with E-state index in [4.69, 9.17) is 4.74 Å². The van der Waals surface area contributed by atoms with Crippen molar-refractivity contribution in [1.29, 1.82) is 0 Å². The molecule has 0 heterocycles. The normalized spacial score (nSPS) is 27.1. The Hall–Kier alpha value is -1.02. The topological polar surface area (TPSA) is 29.5 Å². The molecule has 1 saturated carbocycles. The number of hydrogen-bond donors (Lipinski definition) is 1. The Bertz CT molecular complexity index is 320. The van der Waals surface area contributed by atoms with E-state index in [1.54, 1.807) is 7.11 Å². The number of methoxy groups -OCH3 is 1. The van der Waals surface area contributed by atoms with Crippen LogP contribution in [0.15, 0.2) is 24.3 Å². The van der Waals surface area contributed by atoms with Gasteiger partial charge in [0.15, 0.2) is 0 Å². The maximum atomic E-state index is 9.45. The van der Waals surface area contributed by atoms with E-state index in [9.17, 15) is 5.11 Å². The lowest BCUT2D eigenvalue weighted by Gasteiger charge is -2.08. The monoisotopic (exact) mass is 192 g/mol. The maximum absolute atomic E-state index is 9.45. The van der Waals surface area contributed by atoms with Crippen molar-refractivity contribution in [1.82, 2.24) is 0 Å². The largest absolute Gasteiger partial charge is 0.496 e. The summed E-state index contributed by atoms with van der Waals surface area (Å²) >= 11 is 0. The van der Waals surface area contributed by atoms with E-state index in [1.807, 2.05) is 25.1 Å². The van der Waals surface area contributed by atoms with E-state index in [0.717, 1.165) is 12.2 Å². The molecule has 2 rings (SSSR count). The van der Waals surface area contributed by atoms with Crippen LogP contribution in [0.2, 0.25) is 0 Å². The first kappa shape index (κ1) is 9.53. The zero-order valence-corrected chi connectivity index (χ0v) is 8.60. The van der Waals surface area contributed by atoms with Crippen LogP contribution in [0.5, 0.6) is 5.75 Å². The van der Waals surface area contributed by atoms with E-state index < -0.39 is 0 Å². The molecule has 1 N–H and O–H groups in total. The maximum Gasteiger partial charge on any atom is 0.122 e. The van der Waals surface area contributed by atoms with Gasteiger partial charge in [0.25, 0.3) is 0 Å². The molecule has 2 nitrogen and oxygen atoms in total. The molecule has 0 amide bonds. The lowest BCUT2D eigenvalue weighted by Crippen LogP contribution is -2.03. The molecular weight excluding hydrogens is 176 g/mol. The van der Waals surface area contributed by atoms with Crippen molar-refractivity contribution in [3.05, 3.63) is 29.8 Å². The van der Waals surface area contributed by atoms with Crippen molar-refractivity contribution < 1.29 is 9.84 Å². The highest BCUT2D eigenvalue weighted by Crippen LogP contribution is 2.51. The molecule has 1 aromatic carbocycles. The van der Waals surface area contributed by atoms with E-state index in [2.05, 4.69) is 6.07 Å². The minimum Gasteiger partial charge on any atom is -0.496 e. The Morgan fingerprint density at radius 3 is 2.71 bits per heavy atom. The van der Waals surface area contributed by atoms with Crippen LogP contribution >= 0.6 is 0 Å². The third-order valence-corrected chi connectivity index (χ3v) is 3.00. The number of benzene rings is 1. The highest BCUT2D eigenvalue weighted by Gasteiger charge is 2.42. The molecule has 0 aliphatic heterocycles. The van der Waals surface area contributed by atoms with Gasteiger partial charge in [-0.1, -0.05) is 18.2 Å². The molecule has 0 unspecified atom stereocenters. The van der Waals surface area contributed by atoms with Gasteiger partial charge in [0.05, 0.1) is 13.2 Å². The van der Waals surface area contributed by atoms with Crippen LogP contribution in [-0.4, -0.2) is 18.3 Å². The summed E-state index contributed by atoms with van der Waals surface area (Å²) in [7, 11) is 1.69. The number of aliphatic hydroxyl groups excluding tert-OH is 1. The van der Waals surface area contributed by atoms with Gasteiger partial charge in [-0.05, 0) is 36.8 Å². The highest BCUT2D eigenvalue weighted by atomic mass is 16.5. The number of aliphatic hydroxyl groups is 1. The molecule has 3 atom stereocenters. The molecule has 0 saturated heterocycles. The van der Waals surface area contributed by atoms with Gasteiger partial charge in [-0.25, -0.2) is 0 Å². The van der Waals surface area contributed by atoms with E-state index in [1.165, 1.54) is 5.56 Å². The van der Waals surface area contributed by atoms with Gasteiger partial charge in [0.2, 0.25) is 0 Å². The summed E-state index contributed by atoms with van der Waals surface area (Å²) in [5.41, 5.74) is 1.24. The van der Waals surface area contributed by atoms with Gasteiger partial charge < -0.3 is 9.84 Å². The summed E-state index contributed by atoms with van der Waals surface area (Å²) in [4.78, 5) is 0. The fourth-order valence-electron chi connectivity index (χ4n) is 2.08. The number of para-hydroxylation sites is 1. The molecule has 1 aliphatic carbocycles. The van der Waals surface area contributed by atoms with Crippen molar-refractivity contribution in [3.63, 3.8) is 0 Å². The number of rotatable bonds is 3. The van der Waals surface area contributed by atoms with E-state index in [0.29, 0.717) is 11.8 Å². The Kier molecular flexibility index (Phi) is 2.46. The van der Waals surface area contributed by atoms with Crippen LogP contribution in [0.3, 0.4) is 0 Å². The van der Waals surface area contributed by atoms with Gasteiger partial charge in [-0.2, -0.15) is 0 Å². The summed E-state index contributed by atoms with van der Waals surface area (Å²) < 4.78 is 5.29. The molecule has 76 valence electrons. The second-order valence-electron chi connectivity index (χ2n) is 3.99. The SMILES string of the molecule is COc1ccccc1[C@@H]1C[C@@H]1[C@@H](C)O. The van der Waals surface area contributed by atoms with Crippen LogP contribution < -0.4 is 4.74 Å². The Morgan fingerprint density at radius 1 is 1.43 bits per heavy atom. The Labute approximate surface area is 84.5 Å². The van der Waals surface area contributed by atoms with Gasteiger partial charge in [-0.15, -0.1) is 0 Å². The molecule has 2 heteroatoms. The molecule has 0 aromatic heterocycles. The van der Waals surface area contributed by atoms with Crippen LogP contribution in [-0.2, 0) is 0 Å². The predicted octanol–water partition coefficient (Wildman–Crippen LogP) is 2.18. The third-order valence-electron chi connectivity index (χ3n) is 3.00. The quantitative estimate of drug-likeness (QED) is 0.795. The van der Waals surface area contributed by atoms with Crippen molar-refractivity contribution >= 4 is 0 Å². The fourth-order valence-corrected chi connectivity index (χ4v) is 2.08. The minimum atomic E-state index is -0.204. The molecule has 0 radical (unpaired) electrons. The van der Waals surface area contributed by atoms with Crippen molar-refractivity contribution in [2.45, 2.75) is 25.4 Å². The second kappa shape index (κ2) is 3.62. The summed E-state index contributed by atoms with van der Waals surface area (Å²) in [5.74, 6) is 1.86. The summed E-state index contributed by atoms with van der Waals surface area (Å²) in [6.45, 7) is 1.86. The van der Waals surface area contributed by atoms with Crippen LogP contribution in [0.4, 0.5) is 0 Å². The lowest BCUT2D eigenvalue weighted by molar-refractivity contribution is 0.168. The Balaban J connectivity index is 2.18. The van der Waals surface area contributed by atoms with Crippen LogP contribution in [0, 0.1) is 5.92 Å². The van der Waals surface area contributed by atoms with Crippen LogP contribution in [0.1, 0.15) is 24.8 Å². The summed E-state index contributed by atoms with van der Waals surface area (Å²) in [6.07, 6.45) is 0.878. The fraction of sp³-hybridized carbons (Fsp3) is 0.500. The summed E-state index contributed by atoms with van der Waals surface area (Å²) in [6, 6.07) is 8.07. The summed E-state index contributed by atoms with van der Waals surface area (Å²) in [5, 5.41) is 9.45. The highest BCUT2D eigenvalue weighted by molar-refractivity contribution is 5.39. The first-order valence-electron chi connectivity index (χ1n) is 5.05. The zero-order chi connectivity index (χ0) is 10.1. The van der Waals surface area contributed by atoms with Gasteiger partial charge in [0, 0.05) is 0 Å². The zero-order valence-electron chi connectivity index (χ0n) is 8.60. The van der Waals surface area contributed by atoms with Crippen molar-refractivity contribution in [3.8, 4) is 5.75 Å². The first-order valence-corrected chi connectivity index (χ1v) is 5.05. The molecule has 1 fully saturated rings. The minimum absolute atomic E-state index is 0.204. The van der Waals surface area contributed by atoms with Gasteiger partial charge in [0.1, 0.15) is 5.75 Å². The van der Waals surface area contributed by atoms with Gasteiger partial charge >= 0.3 is 0 Å². The molecule has 14 heavy (non-hydrogen) atoms. The van der Waals surface area contributed by atoms with E-state index >= 15 is 0 Å². The van der Waals surface area contributed by atoms with Crippen molar-refractivity contribution in [2.24, 2.45) is 5.92 Å². The predicted molar refractivity (Wildman–Crippen MR) is 55.5 cm³/mol. The standard InChI is InChI=1S/C12H16O2/c1-8(13)10-7-11(10)9-5-3-4-6-12(9)14-2/h3-6,8,10-11,13H,7H2,1-2H3/t8-,10-,11+/m1/s1. The number of ether oxygens (including phenoxy) is 1. The first-order chi connectivity index (χ1) is 6.74. The van der Waals surface area contributed by atoms with Crippen molar-refractivity contribution in [2.75, 3.05) is 7.11 Å². The second-order valence-corrected chi connectivity index (χ2v) is 3.99. The molecule has 1 aromatic rings. The van der Waals surface area contributed by atoms with E-state index in [-0.39, 0.29) is 6.10 Å². The number of hydrogen-bond acceptors (Lipinski definition) is 2. The average Bonchev–Trinajstić information content (AvgIpc) is 2.97. The molecule has 0 bridgehead atoms. The smallest absolute Gasteiger partial charge is 0.122 e. The van der Waals surface area contributed by atoms with Gasteiger partial charge in [-0.3, -0.25) is 0 Å². The Morgan fingerprint density at radius 2 is 2.14 bits per heavy atom.